The molecule has 0 aliphatic carbocycles. The van der Waals surface area contributed by atoms with Crippen molar-refractivity contribution in [3.8, 4) is 5.75 Å². The molecule has 1 aliphatic rings. The average molecular weight is 365 g/mol. The molecular weight excluding hydrogens is 348 g/mol. The van der Waals surface area contributed by atoms with Gasteiger partial charge in [-0.2, -0.15) is 0 Å². The normalized spacial score (nSPS) is 13.6. The summed E-state index contributed by atoms with van der Waals surface area (Å²) in [5.74, 6) is 2.12. The molecule has 6 heteroatoms. The minimum absolute atomic E-state index is 0.523. The summed E-state index contributed by atoms with van der Waals surface area (Å²) in [6, 6.07) is 13.2. The molecule has 0 spiro atoms. The number of fused-ring (bicyclic) bond motifs is 1. The average Bonchev–Trinajstić information content (AvgIpc) is 2.64. The molecule has 0 bridgehead atoms. The van der Waals surface area contributed by atoms with Crippen LogP contribution in [0.3, 0.4) is 0 Å². The van der Waals surface area contributed by atoms with Gasteiger partial charge in [-0.05, 0) is 48.6 Å². The third-order valence-electron chi connectivity index (χ3n) is 3.94. The maximum atomic E-state index is 6.00. The van der Waals surface area contributed by atoms with E-state index in [9.17, 15) is 0 Å². The van der Waals surface area contributed by atoms with Crippen LogP contribution in [0.4, 0.5) is 11.6 Å². The molecule has 5 nitrogen and oxygen atoms in total. The summed E-state index contributed by atoms with van der Waals surface area (Å²) in [7, 11) is 2.02. The van der Waals surface area contributed by atoms with Crippen LogP contribution in [0.15, 0.2) is 72.8 Å². The Labute approximate surface area is 156 Å². The van der Waals surface area contributed by atoms with Gasteiger partial charge >= 0.3 is 0 Å². The molecule has 0 amide bonds. The van der Waals surface area contributed by atoms with Gasteiger partial charge in [0.2, 0.25) is 5.95 Å². The number of anilines is 2. The van der Waals surface area contributed by atoms with Crippen molar-refractivity contribution in [1.82, 2.24) is 14.9 Å². The molecule has 2 aromatic carbocycles. The van der Waals surface area contributed by atoms with Gasteiger partial charge in [0.25, 0.3) is 0 Å². The summed E-state index contributed by atoms with van der Waals surface area (Å²) in [5, 5.41) is 4.74. The highest BCUT2D eigenvalue weighted by Crippen LogP contribution is 2.24. The zero-order valence-electron chi connectivity index (χ0n) is 14.2. The van der Waals surface area contributed by atoms with E-state index in [2.05, 4.69) is 20.2 Å². The highest BCUT2D eigenvalue weighted by Gasteiger charge is 2.06. The predicted molar refractivity (Wildman–Crippen MR) is 105 cm³/mol. The number of ether oxygens (including phenoxy) is 1. The summed E-state index contributed by atoms with van der Waals surface area (Å²) in [6.07, 6.45) is 7.76. The lowest BCUT2D eigenvalue weighted by Crippen LogP contribution is -2.15. The van der Waals surface area contributed by atoms with Gasteiger partial charge in [-0.25, -0.2) is 9.97 Å². The lowest BCUT2D eigenvalue weighted by molar-refractivity contribution is 0.416. The van der Waals surface area contributed by atoms with Gasteiger partial charge in [-0.3, -0.25) is 0 Å². The lowest BCUT2D eigenvalue weighted by Gasteiger charge is -2.17. The van der Waals surface area contributed by atoms with Crippen molar-refractivity contribution in [1.29, 1.82) is 0 Å². The molecule has 4 rings (SSSR count). The number of nitrogens with zero attached hydrogens (tertiary/aromatic N) is 3. The Morgan fingerprint density at radius 3 is 2.92 bits per heavy atom. The monoisotopic (exact) mass is 364 g/mol. The van der Waals surface area contributed by atoms with Crippen molar-refractivity contribution in [3.63, 3.8) is 0 Å². The Bertz CT molecular complexity index is 1020. The topological polar surface area (TPSA) is 50.3 Å². The molecule has 0 saturated carbocycles. The number of hydrogen-bond acceptors (Lipinski definition) is 5. The van der Waals surface area contributed by atoms with Crippen molar-refractivity contribution < 1.29 is 4.74 Å². The largest absolute Gasteiger partial charge is 0.458 e. The number of aromatic nitrogens is 2. The van der Waals surface area contributed by atoms with E-state index in [0.29, 0.717) is 11.0 Å². The number of halogens is 1. The van der Waals surface area contributed by atoms with E-state index in [1.165, 1.54) is 0 Å². The first-order valence-electron chi connectivity index (χ1n) is 8.21. The SMILES string of the molecule is CN1C=CC(Oc2ccc3nc(Nc4cccc(Cl)c4)ncc3c2)=CC1. The molecule has 1 aliphatic heterocycles. The first kappa shape index (κ1) is 16.4. The van der Waals surface area contributed by atoms with E-state index in [1.807, 2.05) is 67.9 Å². The number of hydrogen-bond donors (Lipinski definition) is 1. The Morgan fingerprint density at radius 1 is 1.19 bits per heavy atom. The molecule has 130 valence electrons. The second kappa shape index (κ2) is 7.06. The van der Waals surface area contributed by atoms with E-state index in [-0.39, 0.29) is 0 Å². The van der Waals surface area contributed by atoms with E-state index in [1.54, 1.807) is 6.20 Å². The minimum atomic E-state index is 0.523. The third kappa shape index (κ3) is 3.78. The first-order chi connectivity index (χ1) is 12.7. The fraction of sp³-hybridized carbons (Fsp3) is 0.100. The number of allylic oxidation sites excluding steroid dienone is 1. The van der Waals surface area contributed by atoms with Gasteiger partial charge < -0.3 is 15.0 Å². The van der Waals surface area contributed by atoms with Crippen LogP contribution >= 0.6 is 11.6 Å². The fourth-order valence-corrected chi connectivity index (χ4v) is 2.80. The van der Waals surface area contributed by atoms with Crippen molar-refractivity contribution in [3.05, 3.63) is 77.8 Å². The summed E-state index contributed by atoms with van der Waals surface area (Å²) in [5.41, 5.74) is 1.68. The van der Waals surface area contributed by atoms with Crippen molar-refractivity contribution in [2.45, 2.75) is 0 Å². The van der Waals surface area contributed by atoms with Gasteiger partial charge in [0.05, 0.1) is 5.52 Å². The van der Waals surface area contributed by atoms with Crippen LogP contribution in [0.1, 0.15) is 0 Å². The molecule has 2 heterocycles. The molecule has 0 radical (unpaired) electrons. The highest BCUT2D eigenvalue weighted by atomic mass is 35.5. The van der Waals surface area contributed by atoms with Crippen LogP contribution in [0, 0.1) is 0 Å². The second-order valence-electron chi connectivity index (χ2n) is 6.01. The number of benzene rings is 2. The summed E-state index contributed by atoms with van der Waals surface area (Å²) < 4.78 is 5.91. The quantitative estimate of drug-likeness (QED) is 0.724. The molecule has 0 saturated heterocycles. The third-order valence-corrected chi connectivity index (χ3v) is 4.18. The van der Waals surface area contributed by atoms with E-state index in [0.717, 1.165) is 34.6 Å². The van der Waals surface area contributed by atoms with Crippen LogP contribution in [-0.4, -0.2) is 28.5 Å². The molecular formula is C20H17ClN4O. The smallest absolute Gasteiger partial charge is 0.227 e. The van der Waals surface area contributed by atoms with Crippen molar-refractivity contribution in [2.24, 2.45) is 0 Å². The van der Waals surface area contributed by atoms with Gasteiger partial charge in [-0.1, -0.05) is 17.7 Å². The van der Waals surface area contributed by atoms with E-state index < -0.39 is 0 Å². The van der Waals surface area contributed by atoms with Crippen LogP contribution < -0.4 is 10.1 Å². The van der Waals surface area contributed by atoms with Gasteiger partial charge in [0.15, 0.2) is 0 Å². The van der Waals surface area contributed by atoms with Crippen molar-refractivity contribution >= 4 is 34.1 Å². The first-order valence-corrected chi connectivity index (χ1v) is 8.59. The summed E-state index contributed by atoms with van der Waals surface area (Å²) >= 11 is 6.00. The Balaban J connectivity index is 1.53. The fourth-order valence-electron chi connectivity index (χ4n) is 2.61. The Kier molecular flexibility index (Phi) is 4.46. The van der Waals surface area contributed by atoms with Gasteiger partial charge in [-0.15, -0.1) is 0 Å². The van der Waals surface area contributed by atoms with Crippen molar-refractivity contribution in [2.75, 3.05) is 18.9 Å². The molecule has 3 aromatic rings. The number of likely N-dealkylation sites (N-methyl/N-ethyl adjacent to an activating group) is 1. The lowest BCUT2D eigenvalue weighted by atomic mass is 10.2. The standard InChI is InChI=1S/C20H17ClN4O/c1-25-9-7-17(8-10-25)26-18-5-6-19-14(11-18)13-22-20(24-19)23-16-4-2-3-15(21)12-16/h2-9,11-13H,10H2,1H3,(H,22,23,24). The van der Waals surface area contributed by atoms with Crippen LogP contribution in [0.2, 0.25) is 5.02 Å². The highest BCUT2D eigenvalue weighted by molar-refractivity contribution is 6.30. The zero-order chi connectivity index (χ0) is 17.9. The second-order valence-corrected chi connectivity index (χ2v) is 6.45. The van der Waals surface area contributed by atoms with Crippen LogP contribution in [0.5, 0.6) is 5.75 Å². The van der Waals surface area contributed by atoms with E-state index in [4.69, 9.17) is 16.3 Å². The predicted octanol–water partition coefficient (Wildman–Crippen LogP) is 4.75. The van der Waals surface area contributed by atoms with Gasteiger partial charge in [0.1, 0.15) is 11.5 Å². The molecule has 0 fully saturated rings. The molecule has 1 N–H and O–H groups in total. The minimum Gasteiger partial charge on any atom is -0.458 e. The Morgan fingerprint density at radius 2 is 2.12 bits per heavy atom. The maximum absolute atomic E-state index is 6.00. The Hall–Kier alpha value is -3.05. The number of rotatable bonds is 4. The van der Waals surface area contributed by atoms with E-state index >= 15 is 0 Å². The zero-order valence-corrected chi connectivity index (χ0v) is 14.9. The van der Waals surface area contributed by atoms with Crippen LogP contribution in [0.25, 0.3) is 10.9 Å². The number of nitrogens with one attached hydrogen (secondary N) is 1. The summed E-state index contributed by atoms with van der Waals surface area (Å²) in [4.78, 5) is 11.0. The molecule has 26 heavy (non-hydrogen) atoms. The molecule has 0 unspecified atom stereocenters. The van der Waals surface area contributed by atoms with Crippen LogP contribution in [-0.2, 0) is 0 Å². The van der Waals surface area contributed by atoms with Gasteiger partial charge in [0, 0.05) is 42.1 Å². The maximum Gasteiger partial charge on any atom is 0.227 e. The summed E-state index contributed by atoms with van der Waals surface area (Å²) in [6.45, 7) is 0.834. The molecule has 0 atom stereocenters. The molecule has 1 aromatic heterocycles.